The van der Waals surface area contributed by atoms with E-state index in [9.17, 15) is 0 Å². The topological polar surface area (TPSA) is 56.7 Å². The van der Waals surface area contributed by atoms with E-state index >= 15 is 0 Å². The first-order chi connectivity index (χ1) is 5.45. The van der Waals surface area contributed by atoms with Gasteiger partial charge in [0.05, 0.1) is 0 Å². The van der Waals surface area contributed by atoms with Crippen LogP contribution in [-0.2, 0) is 6.54 Å². The van der Waals surface area contributed by atoms with Crippen molar-refractivity contribution in [2.45, 2.75) is 6.54 Å². The molecule has 5 nitrogen and oxygen atoms in total. The van der Waals surface area contributed by atoms with E-state index in [1.165, 1.54) is 6.39 Å². The smallest absolute Gasteiger partial charge is 0.213 e. The molecule has 2 rings (SSSR count). The van der Waals surface area contributed by atoms with Crippen molar-refractivity contribution >= 4 is 0 Å². The molecule has 0 aromatic carbocycles. The van der Waals surface area contributed by atoms with Gasteiger partial charge in [-0.05, 0) is 6.07 Å². The monoisotopic (exact) mass is 150 g/mol. The highest BCUT2D eigenvalue weighted by atomic mass is 16.5. The third-order valence-corrected chi connectivity index (χ3v) is 1.27. The second-order valence-corrected chi connectivity index (χ2v) is 2.05. The summed E-state index contributed by atoms with van der Waals surface area (Å²) < 4.78 is 6.29. The van der Waals surface area contributed by atoms with Crippen molar-refractivity contribution in [1.29, 1.82) is 0 Å². The van der Waals surface area contributed by atoms with Gasteiger partial charge >= 0.3 is 0 Å². The third-order valence-electron chi connectivity index (χ3n) is 1.27. The molecule has 11 heavy (non-hydrogen) atoms. The first kappa shape index (κ1) is 6.09. The van der Waals surface area contributed by atoms with Crippen molar-refractivity contribution in [3.8, 4) is 0 Å². The van der Waals surface area contributed by atoms with Crippen LogP contribution in [0.1, 0.15) is 5.82 Å². The van der Waals surface area contributed by atoms with Crippen LogP contribution < -0.4 is 0 Å². The lowest BCUT2D eigenvalue weighted by molar-refractivity contribution is 0.407. The lowest BCUT2D eigenvalue weighted by atomic mass is 10.6. The lowest BCUT2D eigenvalue weighted by Crippen LogP contribution is -2.00. The number of hydrogen-bond donors (Lipinski definition) is 0. The highest BCUT2D eigenvalue weighted by molar-refractivity contribution is 4.84. The molecular weight excluding hydrogens is 144 g/mol. The molecule has 0 aliphatic carbocycles. The molecule has 0 aliphatic rings. The summed E-state index contributed by atoms with van der Waals surface area (Å²) >= 11 is 0. The predicted molar refractivity (Wildman–Crippen MR) is 35.6 cm³/mol. The summed E-state index contributed by atoms with van der Waals surface area (Å²) in [6.07, 6.45) is 4.86. The molecule has 0 spiro atoms. The molecule has 0 fully saturated rings. The minimum atomic E-state index is 0.559. The van der Waals surface area contributed by atoms with Crippen LogP contribution in [0.4, 0.5) is 0 Å². The second kappa shape index (κ2) is 2.53. The van der Waals surface area contributed by atoms with E-state index in [-0.39, 0.29) is 0 Å². The molecule has 0 atom stereocenters. The van der Waals surface area contributed by atoms with E-state index in [1.54, 1.807) is 10.9 Å². The van der Waals surface area contributed by atoms with Crippen LogP contribution in [0, 0.1) is 0 Å². The van der Waals surface area contributed by atoms with Crippen LogP contribution in [-0.4, -0.2) is 19.9 Å². The zero-order chi connectivity index (χ0) is 7.52. The summed E-state index contributed by atoms with van der Waals surface area (Å²) in [7, 11) is 0. The molecule has 0 radical (unpaired) electrons. The molecule has 2 aromatic rings. The van der Waals surface area contributed by atoms with E-state index in [4.69, 9.17) is 0 Å². The van der Waals surface area contributed by atoms with Gasteiger partial charge in [-0.25, -0.2) is 0 Å². The molecule has 0 saturated heterocycles. The van der Waals surface area contributed by atoms with Crippen molar-refractivity contribution in [2.75, 3.05) is 0 Å². The summed E-state index contributed by atoms with van der Waals surface area (Å²) in [5.41, 5.74) is 0. The van der Waals surface area contributed by atoms with Crippen LogP contribution in [0.15, 0.2) is 29.4 Å². The first-order valence-electron chi connectivity index (χ1n) is 3.18. The highest BCUT2D eigenvalue weighted by Gasteiger charge is 1.97. The molecule has 0 unspecified atom stereocenters. The molecule has 56 valence electrons. The van der Waals surface area contributed by atoms with Gasteiger partial charge in [0, 0.05) is 12.4 Å². The minimum absolute atomic E-state index is 0.559. The fraction of sp³-hybridized carbons (Fsp3) is 0.167. The Hall–Kier alpha value is -1.65. The van der Waals surface area contributed by atoms with Crippen LogP contribution in [0.2, 0.25) is 0 Å². The number of aromatic nitrogens is 4. The molecule has 0 N–H and O–H groups in total. The Kier molecular flexibility index (Phi) is 1.40. The molecule has 5 heteroatoms. The van der Waals surface area contributed by atoms with Crippen LogP contribution in [0.25, 0.3) is 0 Å². The SMILES string of the molecule is c1cnn(Cc2ncon2)c1. The molecule has 0 bridgehead atoms. The van der Waals surface area contributed by atoms with Crippen molar-refractivity contribution in [3.63, 3.8) is 0 Å². The van der Waals surface area contributed by atoms with Gasteiger partial charge in [0.2, 0.25) is 6.39 Å². The molecule has 0 amide bonds. The predicted octanol–water partition coefficient (Wildman–Crippen LogP) is 0.314. The first-order valence-corrected chi connectivity index (χ1v) is 3.18. The number of nitrogens with zero attached hydrogens (tertiary/aromatic N) is 4. The zero-order valence-corrected chi connectivity index (χ0v) is 5.71. The molecule has 0 saturated carbocycles. The summed E-state index contributed by atoms with van der Waals surface area (Å²) in [4.78, 5) is 3.85. The van der Waals surface area contributed by atoms with Gasteiger partial charge in [0.15, 0.2) is 5.82 Å². The van der Waals surface area contributed by atoms with Crippen LogP contribution >= 0.6 is 0 Å². The van der Waals surface area contributed by atoms with Gasteiger partial charge in [0.1, 0.15) is 6.54 Å². The molecule has 2 heterocycles. The maximum atomic E-state index is 4.56. The molecule has 2 aromatic heterocycles. The van der Waals surface area contributed by atoms with Gasteiger partial charge in [0.25, 0.3) is 0 Å². The van der Waals surface area contributed by atoms with Gasteiger partial charge in [-0.2, -0.15) is 10.1 Å². The standard InChI is InChI=1S/C6H6N4O/c1-2-8-10(3-1)4-6-7-5-11-9-6/h1-3,5H,4H2. The fourth-order valence-electron chi connectivity index (χ4n) is 0.801. The minimum Gasteiger partial charge on any atom is -0.343 e. The van der Waals surface area contributed by atoms with E-state index in [0.717, 1.165) is 0 Å². The van der Waals surface area contributed by atoms with E-state index in [1.807, 2.05) is 12.3 Å². The maximum absolute atomic E-state index is 4.56. The Balaban J connectivity index is 2.14. The quantitative estimate of drug-likeness (QED) is 0.618. The van der Waals surface area contributed by atoms with Crippen molar-refractivity contribution in [2.24, 2.45) is 0 Å². The van der Waals surface area contributed by atoms with Crippen LogP contribution in [0.5, 0.6) is 0 Å². The maximum Gasteiger partial charge on any atom is 0.213 e. The Morgan fingerprint density at radius 3 is 3.18 bits per heavy atom. The summed E-state index contributed by atoms with van der Waals surface area (Å²) in [5, 5.41) is 7.63. The average Bonchev–Trinajstić information content (AvgIpc) is 2.60. The Morgan fingerprint density at radius 2 is 2.55 bits per heavy atom. The largest absolute Gasteiger partial charge is 0.343 e. The summed E-state index contributed by atoms with van der Waals surface area (Å²) in [6, 6.07) is 1.85. The number of rotatable bonds is 2. The van der Waals surface area contributed by atoms with Crippen molar-refractivity contribution in [1.82, 2.24) is 19.9 Å². The van der Waals surface area contributed by atoms with Gasteiger partial charge in [-0.15, -0.1) is 0 Å². The van der Waals surface area contributed by atoms with E-state index < -0.39 is 0 Å². The van der Waals surface area contributed by atoms with Gasteiger partial charge in [-0.1, -0.05) is 5.16 Å². The third kappa shape index (κ3) is 1.26. The fourth-order valence-corrected chi connectivity index (χ4v) is 0.801. The Bertz CT molecular complexity index is 267. The van der Waals surface area contributed by atoms with Crippen molar-refractivity contribution < 1.29 is 4.52 Å². The highest BCUT2D eigenvalue weighted by Crippen LogP contribution is 1.92. The molecular formula is C6H6N4O. The zero-order valence-electron chi connectivity index (χ0n) is 5.71. The normalized spacial score (nSPS) is 10.2. The van der Waals surface area contributed by atoms with Crippen LogP contribution in [0.3, 0.4) is 0 Å². The molecule has 0 aliphatic heterocycles. The average molecular weight is 150 g/mol. The summed E-state index contributed by atoms with van der Waals surface area (Å²) in [6.45, 7) is 0.559. The lowest BCUT2D eigenvalue weighted by Gasteiger charge is -1.92. The summed E-state index contributed by atoms with van der Waals surface area (Å²) in [5.74, 6) is 0.633. The van der Waals surface area contributed by atoms with Crippen molar-refractivity contribution in [3.05, 3.63) is 30.7 Å². The number of hydrogen-bond acceptors (Lipinski definition) is 4. The van der Waals surface area contributed by atoms with E-state index in [2.05, 4.69) is 19.8 Å². The second-order valence-electron chi connectivity index (χ2n) is 2.05. The van der Waals surface area contributed by atoms with E-state index in [0.29, 0.717) is 12.4 Å². The van der Waals surface area contributed by atoms with Gasteiger partial charge < -0.3 is 4.52 Å². The van der Waals surface area contributed by atoms with Gasteiger partial charge in [-0.3, -0.25) is 4.68 Å². The Morgan fingerprint density at radius 1 is 1.55 bits per heavy atom. The Labute approximate surface area is 62.6 Å².